The Kier molecular flexibility index (Phi) is 3.82. The van der Waals surface area contributed by atoms with Crippen LogP contribution in [0.3, 0.4) is 0 Å². The average Bonchev–Trinajstić information content (AvgIpc) is 2.65. The fraction of sp³-hybridized carbons (Fsp3) is 0.800. The van der Waals surface area contributed by atoms with Crippen molar-refractivity contribution in [2.45, 2.75) is 39.3 Å². The number of aromatic nitrogens is 2. The molecule has 86 valence electrons. The van der Waals surface area contributed by atoms with Crippen molar-refractivity contribution in [2.75, 3.05) is 13.7 Å². The molecule has 0 amide bonds. The minimum absolute atomic E-state index is 0.0955. The number of likely N-dealkylation sites (N-methyl/N-ethyl adjacent to an activating group) is 1. The van der Waals surface area contributed by atoms with Crippen molar-refractivity contribution in [3.63, 3.8) is 0 Å². The maximum Gasteiger partial charge on any atom is 0.240 e. The number of rotatable bonds is 5. The van der Waals surface area contributed by atoms with Gasteiger partial charge in [0, 0.05) is 12.0 Å². The molecule has 0 bridgehead atoms. The van der Waals surface area contributed by atoms with Gasteiger partial charge in [-0.2, -0.15) is 4.98 Å². The lowest BCUT2D eigenvalue weighted by atomic mass is 10.1. The molecule has 0 fully saturated rings. The van der Waals surface area contributed by atoms with E-state index in [1.54, 1.807) is 0 Å². The van der Waals surface area contributed by atoms with Gasteiger partial charge < -0.3 is 9.63 Å². The summed E-state index contributed by atoms with van der Waals surface area (Å²) < 4.78 is 5.08. The summed E-state index contributed by atoms with van der Waals surface area (Å²) in [6, 6.07) is 0. The lowest BCUT2D eigenvalue weighted by molar-refractivity contribution is 0.0652. The smallest absolute Gasteiger partial charge is 0.240 e. The van der Waals surface area contributed by atoms with Crippen molar-refractivity contribution in [1.29, 1.82) is 0 Å². The normalized spacial score (nSPS) is 12.4. The van der Waals surface area contributed by atoms with Crippen LogP contribution in [-0.4, -0.2) is 39.3 Å². The molecule has 0 aromatic carbocycles. The molecule has 1 heterocycles. The van der Waals surface area contributed by atoms with E-state index in [0.717, 1.165) is 12.2 Å². The van der Waals surface area contributed by atoms with Crippen LogP contribution >= 0.6 is 0 Å². The van der Waals surface area contributed by atoms with E-state index in [9.17, 15) is 5.11 Å². The van der Waals surface area contributed by atoms with Crippen molar-refractivity contribution in [3.8, 4) is 0 Å². The Labute approximate surface area is 90.1 Å². The maximum absolute atomic E-state index is 9.19. The zero-order valence-electron chi connectivity index (χ0n) is 9.82. The molecule has 0 saturated carbocycles. The molecule has 0 radical (unpaired) electrons. The Bertz CT molecular complexity index is 309. The summed E-state index contributed by atoms with van der Waals surface area (Å²) in [7, 11) is 1.92. The van der Waals surface area contributed by atoms with Gasteiger partial charge in [-0.25, -0.2) is 0 Å². The fourth-order valence-electron chi connectivity index (χ4n) is 1.04. The van der Waals surface area contributed by atoms with Gasteiger partial charge in [-0.3, -0.25) is 4.90 Å². The highest BCUT2D eigenvalue weighted by Gasteiger charge is 2.24. The SMILES string of the molecule is CCc1noc(CN(C)C(C)(C)CO)n1. The Morgan fingerprint density at radius 1 is 1.47 bits per heavy atom. The van der Waals surface area contributed by atoms with E-state index in [0.29, 0.717) is 12.4 Å². The molecule has 0 aliphatic carbocycles. The Balaban J connectivity index is 2.61. The first-order valence-corrected chi connectivity index (χ1v) is 5.13. The molecular weight excluding hydrogens is 194 g/mol. The standard InChI is InChI=1S/C10H19N3O2/c1-5-8-11-9(15-12-8)6-13(4)10(2,3)7-14/h14H,5-7H2,1-4H3. The summed E-state index contributed by atoms with van der Waals surface area (Å²) in [6.45, 7) is 6.56. The predicted octanol–water partition coefficient (Wildman–Crippen LogP) is 0.835. The van der Waals surface area contributed by atoms with Gasteiger partial charge in [0.2, 0.25) is 5.89 Å². The van der Waals surface area contributed by atoms with Crippen LogP contribution in [0, 0.1) is 0 Å². The average molecular weight is 213 g/mol. The molecular formula is C10H19N3O2. The number of hydrogen-bond acceptors (Lipinski definition) is 5. The number of aliphatic hydroxyl groups is 1. The molecule has 1 aromatic rings. The van der Waals surface area contributed by atoms with Crippen LogP contribution in [0.25, 0.3) is 0 Å². The summed E-state index contributed by atoms with van der Waals surface area (Å²) >= 11 is 0. The van der Waals surface area contributed by atoms with E-state index < -0.39 is 0 Å². The maximum atomic E-state index is 9.19. The van der Waals surface area contributed by atoms with Crippen LogP contribution in [0.4, 0.5) is 0 Å². The quantitative estimate of drug-likeness (QED) is 0.785. The van der Waals surface area contributed by atoms with Crippen molar-refractivity contribution in [2.24, 2.45) is 0 Å². The Morgan fingerprint density at radius 2 is 2.13 bits per heavy atom. The molecule has 0 spiro atoms. The number of aliphatic hydroxyl groups excluding tert-OH is 1. The van der Waals surface area contributed by atoms with E-state index in [1.807, 2.05) is 32.7 Å². The second kappa shape index (κ2) is 4.72. The third-order valence-electron chi connectivity index (χ3n) is 2.62. The van der Waals surface area contributed by atoms with E-state index in [2.05, 4.69) is 10.1 Å². The van der Waals surface area contributed by atoms with Crippen LogP contribution in [0.2, 0.25) is 0 Å². The Morgan fingerprint density at radius 3 is 2.60 bits per heavy atom. The molecule has 5 nitrogen and oxygen atoms in total. The first-order chi connectivity index (χ1) is 6.99. The van der Waals surface area contributed by atoms with Crippen LogP contribution in [0.1, 0.15) is 32.5 Å². The molecule has 0 aliphatic heterocycles. The van der Waals surface area contributed by atoms with E-state index in [1.165, 1.54) is 0 Å². The minimum Gasteiger partial charge on any atom is -0.394 e. The number of hydrogen-bond donors (Lipinski definition) is 1. The Hall–Kier alpha value is -0.940. The highest BCUT2D eigenvalue weighted by molar-refractivity contribution is 4.88. The highest BCUT2D eigenvalue weighted by atomic mass is 16.5. The minimum atomic E-state index is -0.277. The van der Waals surface area contributed by atoms with Crippen molar-refractivity contribution in [1.82, 2.24) is 15.0 Å². The van der Waals surface area contributed by atoms with Crippen LogP contribution in [0.15, 0.2) is 4.52 Å². The lowest BCUT2D eigenvalue weighted by Gasteiger charge is -2.32. The van der Waals surface area contributed by atoms with Crippen LogP contribution < -0.4 is 0 Å². The van der Waals surface area contributed by atoms with Crippen molar-refractivity contribution in [3.05, 3.63) is 11.7 Å². The monoisotopic (exact) mass is 213 g/mol. The first-order valence-electron chi connectivity index (χ1n) is 5.13. The number of nitrogens with zero attached hydrogens (tertiary/aromatic N) is 3. The lowest BCUT2D eigenvalue weighted by Crippen LogP contribution is -2.43. The van der Waals surface area contributed by atoms with Gasteiger partial charge in [0.25, 0.3) is 0 Å². The van der Waals surface area contributed by atoms with Gasteiger partial charge in [0.05, 0.1) is 13.2 Å². The summed E-state index contributed by atoms with van der Waals surface area (Å²) in [4.78, 5) is 6.20. The van der Waals surface area contributed by atoms with Crippen molar-refractivity contribution >= 4 is 0 Å². The summed E-state index contributed by atoms with van der Waals surface area (Å²) in [5, 5.41) is 13.0. The second-order valence-corrected chi connectivity index (χ2v) is 4.28. The van der Waals surface area contributed by atoms with Gasteiger partial charge in [-0.1, -0.05) is 12.1 Å². The molecule has 1 rings (SSSR count). The largest absolute Gasteiger partial charge is 0.394 e. The molecule has 0 unspecified atom stereocenters. The predicted molar refractivity (Wildman–Crippen MR) is 56.3 cm³/mol. The molecule has 5 heteroatoms. The third-order valence-corrected chi connectivity index (χ3v) is 2.62. The van der Waals surface area contributed by atoms with Crippen LogP contribution in [0.5, 0.6) is 0 Å². The van der Waals surface area contributed by atoms with E-state index in [-0.39, 0.29) is 12.1 Å². The summed E-state index contributed by atoms with van der Waals surface area (Å²) in [6.07, 6.45) is 0.774. The zero-order valence-corrected chi connectivity index (χ0v) is 9.82. The highest BCUT2D eigenvalue weighted by Crippen LogP contribution is 2.14. The topological polar surface area (TPSA) is 62.4 Å². The number of aryl methyl sites for hydroxylation is 1. The van der Waals surface area contributed by atoms with Crippen LogP contribution in [-0.2, 0) is 13.0 Å². The van der Waals surface area contributed by atoms with Gasteiger partial charge in [0.15, 0.2) is 5.82 Å². The van der Waals surface area contributed by atoms with E-state index >= 15 is 0 Å². The first kappa shape index (κ1) is 12.1. The summed E-state index contributed by atoms with van der Waals surface area (Å²) in [5.41, 5.74) is -0.277. The molecule has 0 saturated heterocycles. The third kappa shape index (κ3) is 3.00. The molecule has 15 heavy (non-hydrogen) atoms. The second-order valence-electron chi connectivity index (χ2n) is 4.28. The van der Waals surface area contributed by atoms with Gasteiger partial charge in [-0.05, 0) is 20.9 Å². The van der Waals surface area contributed by atoms with Gasteiger partial charge >= 0.3 is 0 Å². The van der Waals surface area contributed by atoms with Crippen molar-refractivity contribution < 1.29 is 9.63 Å². The zero-order chi connectivity index (χ0) is 11.5. The molecule has 0 atom stereocenters. The van der Waals surface area contributed by atoms with Gasteiger partial charge in [0.1, 0.15) is 0 Å². The van der Waals surface area contributed by atoms with E-state index in [4.69, 9.17) is 4.52 Å². The fourth-order valence-corrected chi connectivity index (χ4v) is 1.04. The molecule has 0 aliphatic rings. The summed E-state index contributed by atoms with van der Waals surface area (Å²) in [5.74, 6) is 1.32. The molecule has 1 N–H and O–H groups in total. The van der Waals surface area contributed by atoms with Gasteiger partial charge in [-0.15, -0.1) is 0 Å². The molecule has 1 aromatic heterocycles.